The van der Waals surface area contributed by atoms with Crippen LogP contribution in [0.1, 0.15) is 70.7 Å². The lowest BCUT2D eigenvalue weighted by atomic mass is 9.89. The van der Waals surface area contributed by atoms with E-state index in [2.05, 4.69) is 0 Å². The minimum absolute atomic E-state index is 0.0505. The second-order valence-electron chi connectivity index (χ2n) is 12.9. The number of aromatic hydroxyl groups is 3. The molecule has 4 aromatic rings. The molecule has 4 N–H and O–H groups in total. The monoisotopic (exact) mass is 668 g/mol. The Hall–Kier alpha value is -5.48. The average Bonchev–Trinajstić information content (AvgIpc) is 3.05. The molecular formula is C39H40O10. The van der Waals surface area contributed by atoms with E-state index >= 15 is 0 Å². The Morgan fingerprint density at radius 1 is 0.796 bits per heavy atom. The average molecular weight is 669 g/mol. The minimum Gasteiger partial charge on any atom is -0.507 e. The van der Waals surface area contributed by atoms with E-state index in [0.717, 1.165) is 5.56 Å². The van der Waals surface area contributed by atoms with Gasteiger partial charge in [-0.25, -0.2) is 0 Å². The van der Waals surface area contributed by atoms with Gasteiger partial charge in [0, 0.05) is 30.5 Å². The number of phenols is 3. The molecule has 0 saturated heterocycles. The number of ether oxygens (including phenoxy) is 4. The highest BCUT2D eigenvalue weighted by atomic mass is 16.5. The summed E-state index contributed by atoms with van der Waals surface area (Å²) in [6.45, 7) is 7.52. The first-order chi connectivity index (χ1) is 23.1. The number of aliphatic hydroxyl groups is 1. The van der Waals surface area contributed by atoms with Gasteiger partial charge in [0.1, 0.15) is 51.4 Å². The van der Waals surface area contributed by atoms with Gasteiger partial charge in [-0.15, -0.1) is 0 Å². The number of fused-ring (bicyclic) bond motifs is 2. The molecule has 0 aliphatic carbocycles. The highest BCUT2D eigenvalue weighted by Gasteiger charge is 2.36. The van der Waals surface area contributed by atoms with Crippen LogP contribution in [0.3, 0.4) is 0 Å². The number of hydrogen-bond donors (Lipinski definition) is 4. The molecule has 6 rings (SSSR count). The molecule has 0 radical (unpaired) electrons. The summed E-state index contributed by atoms with van der Waals surface area (Å²) in [5.74, 6) is 1.11. The van der Waals surface area contributed by atoms with Gasteiger partial charge in [-0.3, -0.25) is 9.59 Å². The molecule has 10 heteroatoms. The van der Waals surface area contributed by atoms with Crippen molar-refractivity contribution in [2.24, 2.45) is 0 Å². The Balaban J connectivity index is 0.000000221. The van der Waals surface area contributed by atoms with Crippen LogP contribution in [0.25, 0.3) is 6.08 Å². The van der Waals surface area contributed by atoms with Gasteiger partial charge in [0.15, 0.2) is 11.6 Å². The number of ketones is 2. The van der Waals surface area contributed by atoms with Crippen LogP contribution in [-0.4, -0.2) is 63.5 Å². The largest absolute Gasteiger partial charge is 0.507 e. The molecule has 10 nitrogen and oxygen atoms in total. The van der Waals surface area contributed by atoms with Gasteiger partial charge in [0.05, 0.1) is 42.6 Å². The van der Waals surface area contributed by atoms with Gasteiger partial charge in [-0.2, -0.15) is 0 Å². The molecule has 0 saturated carbocycles. The molecule has 2 aliphatic rings. The molecule has 1 atom stereocenters. The summed E-state index contributed by atoms with van der Waals surface area (Å²) in [5.41, 5.74) is 1.49. The van der Waals surface area contributed by atoms with Crippen molar-refractivity contribution in [3.05, 3.63) is 106 Å². The van der Waals surface area contributed by atoms with E-state index in [-0.39, 0.29) is 46.1 Å². The predicted octanol–water partition coefficient (Wildman–Crippen LogP) is 6.42. The first-order valence-corrected chi connectivity index (χ1v) is 15.7. The van der Waals surface area contributed by atoms with Gasteiger partial charge in [-0.05, 0) is 81.8 Å². The molecule has 0 fully saturated rings. The van der Waals surface area contributed by atoms with Crippen molar-refractivity contribution in [3.63, 3.8) is 0 Å². The van der Waals surface area contributed by atoms with Gasteiger partial charge in [0.2, 0.25) is 0 Å². The van der Waals surface area contributed by atoms with E-state index < -0.39 is 23.1 Å². The predicted molar refractivity (Wildman–Crippen MR) is 183 cm³/mol. The molecule has 0 bridgehead atoms. The summed E-state index contributed by atoms with van der Waals surface area (Å²) in [5, 5.41) is 40.2. The summed E-state index contributed by atoms with van der Waals surface area (Å²) < 4.78 is 22.3. The third kappa shape index (κ3) is 7.34. The maximum atomic E-state index is 13.1. The van der Waals surface area contributed by atoms with Crippen molar-refractivity contribution >= 4 is 17.6 Å². The lowest BCUT2D eigenvalue weighted by Gasteiger charge is -2.37. The van der Waals surface area contributed by atoms with Crippen LogP contribution in [-0.2, 0) is 12.8 Å². The number of benzene rings is 4. The van der Waals surface area contributed by atoms with E-state index in [1.54, 1.807) is 45.2 Å². The lowest BCUT2D eigenvalue weighted by molar-refractivity contribution is -0.0412. The van der Waals surface area contributed by atoms with Crippen molar-refractivity contribution in [2.45, 2.75) is 57.8 Å². The first kappa shape index (κ1) is 34.8. The number of aliphatic hydroxyl groups excluding tert-OH is 1. The SMILES string of the molecule is COc1c(CC(=O)c2cc3c(cc2O)OC(C)(C)C(O)C3)ccc2c1C=CC(C)(C)O2.COc1ccc(C(=O)c2ccccc2O)c(O)c1. The Bertz CT molecular complexity index is 1940. The Morgan fingerprint density at radius 3 is 2.16 bits per heavy atom. The van der Waals surface area contributed by atoms with Crippen molar-refractivity contribution in [2.75, 3.05) is 14.2 Å². The molecule has 0 amide bonds. The van der Waals surface area contributed by atoms with Crippen molar-refractivity contribution in [1.82, 2.24) is 0 Å². The van der Waals surface area contributed by atoms with Crippen LogP contribution in [0.2, 0.25) is 0 Å². The lowest BCUT2D eigenvalue weighted by Crippen LogP contribution is -2.46. The van der Waals surface area contributed by atoms with E-state index in [0.29, 0.717) is 40.5 Å². The zero-order chi connectivity index (χ0) is 35.7. The molecule has 49 heavy (non-hydrogen) atoms. The van der Waals surface area contributed by atoms with E-state index in [9.17, 15) is 30.0 Å². The zero-order valence-corrected chi connectivity index (χ0v) is 28.2. The maximum absolute atomic E-state index is 13.1. The van der Waals surface area contributed by atoms with E-state index in [1.807, 2.05) is 38.1 Å². The molecular weight excluding hydrogens is 628 g/mol. The fourth-order valence-electron chi connectivity index (χ4n) is 5.66. The molecule has 4 aromatic carbocycles. The van der Waals surface area contributed by atoms with Gasteiger partial charge in [0.25, 0.3) is 0 Å². The summed E-state index contributed by atoms with van der Waals surface area (Å²) in [7, 11) is 3.04. The van der Waals surface area contributed by atoms with Crippen LogP contribution in [0.5, 0.6) is 40.2 Å². The molecule has 256 valence electrons. The summed E-state index contributed by atoms with van der Waals surface area (Å²) >= 11 is 0. The van der Waals surface area contributed by atoms with Gasteiger partial charge >= 0.3 is 0 Å². The Morgan fingerprint density at radius 2 is 1.49 bits per heavy atom. The van der Waals surface area contributed by atoms with E-state index in [4.69, 9.17) is 18.9 Å². The number of carbonyl (C=O) groups is 2. The highest BCUT2D eigenvalue weighted by Crippen LogP contribution is 2.41. The fraction of sp³-hybridized carbons (Fsp3) is 0.282. The summed E-state index contributed by atoms with van der Waals surface area (Å²) in [6.07, 6.45) is 3.59. The number of phenolic OH excluding ortho intramolecular Hbond substituents is 3. The molecule has 0 aromatic heterocycles. The number of carbonyl (C=O) groups excluding carboxylic acids is 2. The smallest absolute Gasteiger partial charge is 0.200 e. The van der Waals surface area contributed by atoms with Crippen molar-refractivity contribution in [1.29, 1.82) is 0 Å². The second kappa shape index (κ2) is 13.6. The van der Waals surface area contributed by atoms with Gasteiger partial charge < -0.3 is 39.4 Å². The third-order valence-corrected chi connectivity index (χ3v) is 8.48. The third-order valence-electron chi connectivity index (χ3n) is 8.48. The van der Waals surface area contributed by atoms with Crippen molar-refractivity contribution < 1.29 is 49.0 Å². The molecule has 0 spiro atoms. The normalized spacial score (nSPS) is 16.4. The minimum atomic E-state index is -0.758. The van der Waals surface area contributed by atoms with E-state index in [1.165, 1.54) is 37.4 Å². The Labute approximate surface area is 284 Å². The molecule has 2 aliphatic heterocycles. The number of hydrogen-bond acceptors (Lipinski definition) is 10. The Kier molecular flexibility index (Phi) is 9.64. The maximum Gasteiger partial charge on any atom is 0.200 e. The van der Waals surface area contributed by atoms with Crippen LogP contribution in [0, 0.1) is 0 Å². The van der Waals surface area contributed by atoms with Crippen molar-refractivity contribution in [3.8, 4) is 40.2 Å². The van der Waals surface area contributed by atoms with Crippen LogP contribution < -0.4 is 18.9 Å². The number of methoxy groups -OCH3 is 2. The number of Topliss-reactive ketones (excluding diaryl/α,β-unsaturated/α-hetero) is 1. The highest BCUT2D eigenvalue weighted by molar-refractivity contribution is 6.12. The van der Waals surface area contributed by atoms with Crippen LogP contribution in [0.15, 0.2) is 72.8 Å². The van der Waals surface area contributed by atoms with Gasteiger partial charge in [-0.1, -0.05) is 18.2 Å². The quantitative estimate of drug-likeness (QED) is 0.162. The zero-order valence-electron chi connectivity index (χ0n) is 28.2. The first-order valence-electron chi connectivity index (χ1n) is 15.7. The van der Waals surface area contributed by atoms with Crippen LogP contribution in [0.4, 0.5) is 0 Å². The summed E-state index contributed by atoms with van der Waals surface area (Å²) in [4.78, 5) is 25.2. The molecule has 1 unspecified atom stereocenters. The number of para-hydroxylation sites is 1. The number of rotatable bonds is 7. The standard InChI is InChI=1S/C25H28O6.C14H12O4/c1-24(2)9-8-16-20(30-24)7-6-14(23(16)29-5)11-18(26)17-10-15-12-22(28)25(3,4)31-21(15)13-19(17)27;1-18-9-6-7-11(13(16)8-9)14(17)10-4-2-3-5-12(10)15/h6-10,13,22,27-28H,11-12H2,1-5H3;2-8,15-16H,1H3. The topological polar surface area (TPSA) is 152 Å². The second-order valence-corrected chi connectivity index (χ2v) is 12.9. The summed E-state index contributed by atoms with van der Waals surface area (Å²) in [6, 6.07) is 17.3. The fourth-order valence-corrected chi connectivity index (χ4v) is 5.66. The molecule has 2 heterocycles. The van der Waals surface area contributed by atoms with Crippen LogP contribution >= 0.6 is 0 Å².